The van der Waals surface area contributed by atoms with E-state index in [1.165, 1.54) is 48.1 Å². The molecule has 2 aromatic rings. The Labute approximate surface area is 244 Å². The van der Waals surface area contributed by atoms with Gasteiger partial charge in [-0.05, 0) is 100 Å². The van der Waals surface area contributed by atoms with Gasteiger partial charge < -0.3 is 10.6 Å². The molecule has 2 aliphatic carbocycles. The Bertz CT molecular complexity index is 1380. The predicted molar refractivity (Wildman–Crippen MR) is 161 cm³/mol. The number of benzene rings is 1. The van der Waals surface area contributed by atoms with Gasteiger partial charge in [-0.3, -0.25) is 4.90 Å². The first-order valence-electron chi connectivity index (χ1n) is 16.2. The average Bonchev–Trinajstić information content (AvgIpc) is 3.47. The molecule has 1 spiro atoms. The molecule has 0 bridgehead atoms. The van der Waals surface area contributed by atoms with Crippen LogP contribution in [0.25, 0.3) is 0 Å². The summed E-state index contributed by atoms with van der Waals surface area (Å²) in [5.74, 6) is 2.52. The molecule has 5 atom stereocenters. The summed E-state index contributed by atoms with van der Waals surface area (Å²) >= 11 is 0. The van der Waals surface area contributed by atoms with Crippen LogP contribution in [0.2, 0.25) is 0 Å². The Balaban J connectivity index is 1.27. The maximum atomic E-state index is 14.5. The van der Waals surface area contributed by atoms with Crippen molar-refractivity contribution < 1.29 is 4.39 Å². The Kier molecular flexibility index (Phi) is 6.77. The van der Waals surface area contributed by atoms with Crippen LogP contribution in [-0.2, 0) is 24.7 Å². The van der Waals surface area contributed by atoms with E-state index >= 15 is 0 Å². The van der Waals surface area contributed by atoms with Crippen molar-refractivity contribution in [1.82, 2.24) is 14.9 Å². The van der Waals surface area contributed by atoms with Crippen molar-refractivity contribution in [3.8, 4) is 6.07 Å². The molecule has 3 saturated heterocycles. The molecular formula is C34H45FN6. The van der Waals surface area contributed by atoms with Crippen molar-refractivity contribution in [2.24, 2.45) is 0 Å². The van der Waals surface area contributed by atoms with Crippen molar-refractivity contribution in [1.29, 1.82) is 5.26 Å². The van der Waals surface area contributed by atoms with E-state index in [2.05, 4.69) is 35.8 Å². The van der Waals surface area contributed by atoms with Crippen molar-refractivity contribution in [3.05, 3.63) is 45.9 Å². The van der Waals surface area contributed by atoms with Crippen molar-refractivity contribution in [2.45, 2.75) is 126 Å². The van der Waals surface area contributed by atoms with Crippen molar-refractivity contribution >= 4 is 11.5 Å². The summed E-state index contributed by atoms with van der Waals surface area (Å²) < 4.78 is 14.5. The monoisotopic (exact) mass is 556 g/mol. The lowest BCUT2D eigenvalue weighted by atomic mass is 9.59. The van der Waals surface area contributed by atoms with Gasteiger partial charge >= 0.3 is 0 Å². The van der Waals surface area contributed by atoms with Gasteiger partial charge in [0.15, 0.2) is 0 Å². The van der Waals surface area contributed by atoms with Crippen LogP contribution in [0.4, 0.5) is 15.9 Å². The SMILES string of the molecule is CCCC1CCN1c1nc(CCC23CCCN2CC(F)C3)nc2c1CCC1(CCC(C)c3ccc(N)c(C#N)c31)C2. The van der Waals surface area contributed by atoms with Gasteiger partial charge in [-0.25, -0.2) is 14.4 Å². The Morgan fingerprint density at radius 2 is 2.05 bits per heavy atom. The van der Waals surface area contributed by atoms with E-state index < -0.39 is 6.17 Å². The number of hydrogen-bond acceptors (Lipinski definition) is 6. The molecule has 2 N–H and O–H groups in total. The highest BCUT2D eigenvalue weighted by atomic mass is 19.1. The molecule has 5 aliphatic rings. The van der Waals surface area contributed by atoms with Crippen LogP contribution in [0, 0.1) is 11.3 Å². The van der Waals surface area contributed by atoms with Crippen LogP contribution in [0.5, 0.6) is 0 Å². The minimum Gasteiger partial charge on any atom is -0.398 e. The number of nitrogens with zero attached hydrogens (tertiary/aromatic N) is 5. The molecule has 0 amide bonds. The van der Waals surface area contributed by atoms with Crippen LogP contribution in [0.15, 0.2) is 12.1 Å². The first kappa shape index (κ1) is 27.1. The molecule has 4 heterocycles. The lowest BCUT2D eigenvalue weighted by Gasteiger charge is -2.47. The predicted octanol–water partition coefficient (Wildman–Crippen LogP) is 6.14. The average molecular weight is 557 g/mol. The molecule has 41 heavy (non-hydrogen) atoms. The smallest absolute Gasteiger partial charge is 0.136 e. The maximum Gasteiger partial charge on any atom is 0.136 e. The minimum atomic E-state index is -0.707. The van der Waals surface area contributed by atoms with Gasteiger partial charge in [0, 0.05) is 47.8 Å². The van der Waals surface area contributed by atoms with E-state index in [-0.39, 0.29) is 11.0 Å². The molecule has 7 rings (SSSR count). The highest BCUT2D eigenvalue weighted by molar-refractivity contribution is 5.65. The van der Waals surface area contributed by atoms with Gasteiger partial charge in [0.25, 0.3) is 0 Å². The first-order valence-corrected chi connectivity index (χ1v) is 16.2. The van der Waals surface area contributed by atoms with E-state index in [0.717, 1.165) is 76.1 Å². The topological polar surface area (TPSA) is 82.1 Å². The first-order chi connectivity index (χ1) is 19.9. The fraction of sp³-hybridized carbons (Fsp3) is 0.676. The van der Waals surface area contributed by atoms with E-state index in [1.807, 2.05) is 6.07 Å². The number of aryl methyl sites for hydroxylation is 1. The fourth-order valence-corrected chi connectivity index (χ4v) is 9.34. The second kappa shape index (κ2) is 10.2. The van der Waals surface area contributed by atoms with Gasteiger partial charge in [0.2, 0.25) is 0 Å². The summed E-state index contributed by atoms with van der Waals surface area (Å²) in [6, 6.07) is 7.16. The van der Waals surface area contributed by atoms with Crippen molar-refractivity contribution in [2.75, 3.05) is 30.3 Å². The molecule has 1 aromatic heterocycles. The molecule has 218 valence electrons. The molecule has 0 radical (unpaired) electrons. The molecule has 6 nitrogen and oxygen atoms in total. The Hall–Kier alpha value is -2.72. The van der Waals surface area contributed by atoms with E-state index in [0.29, 0.717) is 36.2 Å². The second-order valence-electron chi connectivity index (χ2n) is 13.9. The van der Waals surface area contributed by atoms with Crippen LogP contribution >= 0.6 is 0 Å². The number of hydrogen-bond donors (Lipinski definition) is 1. The van der Waals surface area contributed by atoms with E-state index in [9.17, 15) is 9.65 Å². The number of nitriles is 1. The zero-order valence-electron chi connectivity index (χ0n) is 24.9. The van der Waals surface area contributed by atoms with Crippen LogP contribution in [0.3, 0.4) is 0 Å². The minimum absolute atomic E-state index is 0.0146. The number of alkyl halides is 1. The zero-order chi connectivity index (χ0) is 28.4. The number of aromatic nitrogens is 2. The molecule has 7 heteroatoms. The molecule has 3 fully saturated rings. The number of nitrogen functional groups attached to an aromatic ring is 1. The normalized spacial score (nSPS) is 32.3. The summed E-state index contributed by atoms with van der Waals surface area (Å²) in [6.07, 6.45) is 12.5. The zero-order valence-corrected chi connectivity index (χ0v) is 24.9. The van der Waals surface area contributed by atoms with Gasteiger partial charge in [0.1, 0.15) is 23.9 Å². The van der Waals surface area contributed by atoms with E-state index in [4.69, 9.17) is 15.7 Å². The van der Waals surface area contributed by atoms with Gasteiger partial charge in [-0.1, -0.05) is 26.3 Å². The molecule has 5 unspecified atom stereocenters. The highest BCUT2D eigenvalue weighted by Gasteiger charge is 2.49. The number of rotatable bonds is 6. The summed E-state index contributed by atoms with van der Waals surface area (Å²) in [4.78, 5) is 15.6. The van der Waals surface area contributed by atoms with Crippen molar-refractivity contribution in [3.63, 3.8) is 0 Å². The lowest BCUT2D eigenvalue weighted by Crippen LogP contribution is -2.49. The van der Waals surface area contributed by atoms with Crippen LogP contribution in [0.1, 0.15) is 118 Å². The summed E-state index contributed by atoms with van der Waals surface area (Å²) in [6.45, 7) is 7.23. The van der Waals surface area contributed by atoms with E-state index in [1.54, 1.807) is 0 Å². The standard InChI is InChI=1S/C34H45FN6/c1-3-5-24-11-17-41(24)32-26-9-14-33(13-8-22(2)25-6-7-28(37)27(20-36)31(25)33)19-29(26)38-30(39-32)10-15-34-12-4-16-40(34)21-23(35)18-34/h6-7,22-24H,3-5,8-19,21,37H2,1-2H3. The second-order valence-corrected chi connectivity index (χ2v) is 13.9. The molecule has 1 aromatic carbocycles. The third kappa shape index (κ3) is 4.35. The summed E-state index contributed by atoms with van der Waals surface area (Å²) in [7, 11) is 0. The largest absolute Gasteiger partial charge is 0.398 e. The molecule has 0 saturated carbocycles. The number of nitrogens with two attached hydrogens (primary N) is 1. The lowest BCUT2D eigenvalue weighted by molar-refractivity contribution is 0.181. The Morgan fingerprint density at radius 1 is 1.17 bits per heavy atom. The van der Waals surface area contributed by atoms with Gasteiger partial charge in [0.05, 0.1) is 11.3 Å². The Morgan fingerprint density at radius 3 is 2.83 bits per heavy atom. The highest BCUT2D eigenvalue weighted by Crippen LogP contribution is 2.52. The fourth-order valence-electron chi connectivity index (χ4n) is 9.34. The summed E-state index contributed by atoms with van der Waals surface area (Å²) in [5, 5.41) is 10.2. The van der Waals surface area contributed by atoms with Gasteiger partial charge in [-0.15, -0.1) is 0 Å². The number of fused-ring (bicyclic) bond motifs is 4. The third-order valence-corrected chi connectivity index (χ3v) is 11.6. The molecular weight excluding hydrogens is 511 g/mol. The maximum absolute atomic E-state index is 14.5. The third-order valence-electron chi connectivity index (χ3n) is 11.6. The van der Waals surface area contributed by atoms with Gasteiger partial charge in [-0.2, -0.15) is 5.26 Å². The number of halogens is 1. The summed E-state index contributed by atoms with van der Waals surface area (Å²) in [5.41, 5.74) is 12.6. The van der Waals surface area contributed by atoms with Crippen LogP contribution < -0.4 is 10.6 Å². The van der Waals surface area contributed by atoms with Crippen LogP contribution in [-0.4, -0.2) is 52.3 Å². The molecule has 3 aliphatic heterocycles. The quantitative estimate of drug-likeness (QED) is 0.430. The number of anilines is 2.